The Hall–Kier alpha value is -1.14. The van der Waals surface area contributed by atoms with Gasteiger partial charge in [-0.25, -0.2) is 0 Å². The van der Waals surface area contributed by atoms with Gasteiger partial charge in [0.05, 0.1) is 32.2 Å². The summed E-state index contributed by atoms with van der Waals surface area (Å²) in [6.07, 6.45) is 0.257. The standard InChI is InChI=1S/C11H21NO5/c1-9(11(14)15)8-12(2)10(13)4-5-17-7-6-16-3/h9H,4-8H2,1-3H3,(H,14,15). The number of hydrogen-bond acceptors (Lipinski definition) is 4. The average Bonchev–Trinajstić information content (AvgIpc) is 2.28. The molecule has 0 fully saturated rings. The van der Waals surface area contributed by atoms with E-state index in [2.05, 4.69) is 0 Å². The number of carboxylic acids is 1. The van der Waals surface area contributed by atoms with Crippen LogP contribution in [-0.2, 0) is 19.1 Å². The molecule has 1 unspecified atom stereocenters. The third kappa shape index (κ3) is 7.70. The summed E-state index contributed by atoms with van der Waals surface area (Å²) in [5.74, 6) is -1.57. The summed E-state index contributed by atoms with van der Waals surface area (Å²) in [5.41, 5.74) is 0. The molecule has 0 aromatic heterocycles. The van der Waals surface area contributed by atoms with E-state index >= 15 is 0 Å². The quantitative estimate of drug-likeness (QED) is 0.590. The maximum absolute atomic E-state index is 11.6. The summed E-state index contributed by atoms with van der Waals surface area (Å²) < 4.78 is 9.95. The molecule has 1 N–H and O–H groups in total. The molecule has 1 atom stereocenters. The van der Waals surface area contributed by atoms with E-state index in [-0.39, 0.29) is 18.9 Å². The Labute approximate surface area is 101 Å². The van der Waals surface area contributed by atoms with E-state index in [1.165, 1.54) is 4.90 Å². The lowest BCUT2D eigenvalue weighted by Crippen LogP contribution is -2.34. The first-order valence-electron chi connectivity index (χ1n) is 5.52. The number of rotatable bonds is 9. The Morgan fingerprint density at radius 1 is 1.29 bits per heavy atom. The van der Waals surface area contributed by atoms with Gasteiger partial charge < -0.3 is 19.5 Å². The molecular weight excluding hydrogens is 226 g/mol. The van der Waals surface area contributed by atoms with Gasteiger partial charge in [-0.15, -0.1) is 0 Å². The first-order valence-corrected chi connectivity index (χ1v) is 5.52. The van der Waals surface area contributed by atoms with E-state index in [0.29, 0.717) is 19.8 Å². The highest BCUT2D eigenvalue weighted by atomic mass is 16.5. The van der Waals surface area contributed by atoms with Crippen molar-refractivity contribution in [2.45, 2.75) is 13.3 Å². The van der Waals surface area contributed by atoms with Gasteiger partial charge in [0.15, 0.2) is 0 Å². The number of amides is 1. The van der Waals surface area contributed by atoms with Crippen LogP contribution in [0.5, 0.6) is 0 Å². The van der Waals surface area contributed by atoms with E-state index in [1.807, 2.05) is 0 Å². The normalized spacial score (nSPS) is 12.2. The second kappa shape index (κ2) is 8.95. The number of aliphatic carboxylic acids is 1. The van der Waals surface area contributed by atoms with E-state index in [9.17, 15) is 9.59 Å². The Morgan fingerprint density at radius 3 is 2.47 bits per heavy atom. The van der Waals surface area contributed by atoms with Crippen LogP contribution in [0.1, 0.15) is 13.3 Å². The van der Waals surface area contributed by atoms with Crippen molar-refractivity contribution in [3.63, 3.8) is 0 Å². The molecule has 0 aliphatic carbocycles. The number of methoxy groups -OCH3 is 1. The van der Waals surface area contributed by atoms with Crippen LogP contribution in [0.2, 0.25) is 0 Å². The summed E-state index contributed by atoms with van der Waals surface area (Å²) in [6, 6.07) is 0. The fraction of sp³-hybridized carbons (Fsp3) is 0.818. The average molecular weight is 247 g/mol. The number of carbonyl (C=O) groups excluding carboxylic acids is 1. The molecule has 0 aliphatic heterocycles. The zero-order chi connectivity index (χ0) is 13.3. The molecule has 17 heavy (non-hydrogen) atoms. The van der Waals surface area contributed by atoms with Gasteiger partial charge in [-0.2, -0.15) is 0 Å². The highest BCUT2D eigenvalue weighted by Crippen LogP contribution is 2.00. The molecule has 0 saturated heterocycles. The molecule has 0 bridgehead atoms. The first kappa shape index (κ1) is 15.9. The van der Waals surface area contributed by atoms with Crippen LogP contribution < -0.4 is 0 Å². The molecule has 0 aromatic rings. The van der Waals surface area contributed by atoms with E-state index in [0.717, 1.165) is 0 Å². The van der Waals surface area contributed by atoms with Crippen LogP contribution in [0, 0.1) is 5.92 Å². The first-order chi connectivity index (χ1) is 7.99. The summed E-state index contributed by atoms with van der Waals surface area (Å²) >= 11 is 0. The van der Waals surface area contributed by atoms with Crippen molar-refractivity contribution in [1.29, 1.82) is 0 Å². The van der Waals surface area contributed by atoms with Gasteiger partial charge in [0, 0.05) is 20.7 Å². The van der Waals surface area contributed by atoms with E-state index in [4.69, 9.17) is 14.6 Å². The van der Waals surface area contributed by atoms with Crippen molar-refractivity contribution in [3.05, 3.63) is 0 Å². The van der Waals surface area contributed by atoms with Gasteiger partial charge in [-0.3, -0.25) is 9.59 Å². The lowest BCUT2D eigenvalue weighted by Gasteiger charge is -2.19. The number of nitrogens with zero attached hydrogens (tertiary/aromatic N) is 1. The topological polar surface area (TPSA) is 76.1 Å². The number of hydrogen-bond donors (Lipinski definition) is 1. The lowest BCUT2D eigenvalue weighted by molar-refractivity contribution is -0.142. The van der Waals surface area contributed by atoms with Crippen LogP contribution in [0.4, 0.5) is 0 Å². The third-order valence-electron chi connectivity index (χ3n) is 2.29. The van der Waals surface area contributed by atoms with Crippen LogP contribution in [0.15, 0.2) is 0 Å². The Morgan fingerprint density at radius 2 is 1.94 bits per heavy atom. The summed E-state index contributed by atoms with van der Waals surface area (Å²) in [6.45, 7) is 3.07. The maximum Gasteiger partial charge on any atom is 0.308 e. The minimum Gasteiger partial charge on any atom is -0.481 e. The van der Waals surface area contributed by atoms with Crippen LogP contribution in [0.25, 0.3) is 0 Å². The van der Waals surface area contributed by atoms with Gasteiger partial charge in [0.25, 0.3) is 0 Å². The van der Waals surface area contributed by atoms with E-state index in [1.54, 1.807) is 21.1 Å². The molecule has 0 heterocycles. The Balaban J connectivity index is 3.71. The zero-order valence-corrected chi connectivity index (χ0v) is 10.6. The monoisotopic (exact) mass is 247 g/mol. The van der Waals surface area contributed by atoms with Crippen molar-refractivity contribution in [2.75, 3.05) is 40.5 Å². The van der Waals surface area contributed by atoms with Crippen molar-refractivity contribution >= 4 is 11.9 Å². The molecule has 6 heteroatoms. The molecule has 0 aliphatic rings. The minimum absolute atomic E-state index is 0.115. The maximum atomic E-state index is 11.6. The van der Waals surface area contributed by atoms with Crippen molar-refractivity contribution in [1.82, 2.24) is 4.90 Å². The smallest absolute Gasteiger partial charge is 0.308 e. The SMILES string of the molecule is COCCOCCC(=O)N(C)CC(C)C(=O)O. The summed E-state index contributed by atoms with van der Waals surface area (Å²) in [5, 5.41) is 8.71. The number of carboxylic acid groups (broad SMARTS) is 1. The minimum atomic E-state index is -0.902. The highest BCUT2D eigenvalue weighted by molar-refractivity contribution is 5.77. The van der Waals surface area contributed by atoms with E-state index < -0.39 is 11.9 Å². The van der Waals surface area contributed by atoms with Gasteiger partial charge in [0.2, 0.25) is 5.91 Å². The third-order valence-corrected chi connectivity index (χ3v) is 2.29. The second-order valence-corrected chi connectivity index (χ2v) is 3.87. The Kier molecular flexibility index (Phi) is 8.35. The molecule has 0 aromatic carbocycles. The largest absolute Gasteiger partial charge is 0.481 e. The van der Waals surface area contributed by atoms with Crippen LogP contribution >= 0.6 is 0 Å². The van der Waals surface area contributed by atoms with Crippen molar-refractivity contribution in [2.24, 2.45) is 5.92 Å². The van der Waals surface area contributed by atoms with Gasteiger partial charge >= 0.3 is 5.97 Å². The summed E-state index contributed by atoms with van der Waals surface area (Å²) in [4.78, 5) is 23.6. The molecule has 1 amide bonds. The van der Waals surface area contributed by atoms with Crippen LogP contribution in [-0.4, -0.2) is 62.4 Å². The fourth-order valence-corrected chi connectivity index (χ4v) is 1.19. The second-order valence-electron chi connectivity index (χ2n) is 3.87. The fourth-order valence-electron chi connectivity index (χ4n) is 1.19. The highest BCUT2D eigenvalue weighted by Gasteiger charge is 2.16. The van der Waals surface area contributed by atoms with Crippen LogP contribution in [0.3, 0.4) is 0 Å². The zero-order valence-electron chi connectivity index (χ0n) is 10.6. The molecule has 6 nitrogen and oxygen atoms in total. The van der Waals surface area contributed by atoms with Gasteiger partial charge in [-0.1, -0.05) is 6.92 Å². The van der Waals surface area contributed by atoms with Crippen molar-refractivity contribution in [3.8, 4) is 0 Å². The van der Waals surface area contributed by atoms with Gasteiger partial charge in [0.1, 0.15) is 0 Å². The number of carbonyl (C=O) groups is 2. The summed E-state index contributed by atoms with van der Waals surface area (Å²) in [7, 11) is 3.17. The molecular formula is C11H21NO5. The predicted molar refractivity (Wildman–Crippen MR) is 61.7 cm³/mol. The lowest BCUT2D eigenvalue weighted by atomic mass is 10.2. The molecule has 0 spiro atoms. The molecule has 100 valence electrons. The molecule has 0 rings (SSSR count). The molecule has 0 radical (unpaired) electrons. The molecule has 0 saturated carbocycles. The van der Waals surface area contributed by atoms with Crippen molar-refractivity contribution < 1.29 is 24.2 Å². The number of ether oxygens (including phenoxy) is 2. The Bertz CT molecular complexity index is 244. The van der Waals surface area contributed by atoms with Gasteiger partial charge in [-0.05, 0) is 0 Å². The predicted octanol–water partition coefficient (Wildman–Crippen LogP) is 0.219.